The number of aryl methyl sites for hydroxylation is 1. The highest BCUT2D eigenvalue weighted by Gasteiger charge is 2.41. The van der Waals surface area contributed by atoms with Crippen LogP contribution in [0.4, 0.5) is 17.6 Å². The van der Waals surface area contributed by atoms with Gasteiger partial charge in [-0.25, -0.2) is 13.2 Å². The summed E-state index contributed by atoms with van der Waals surface area (Å²) in [5, 5.41) is 1.03. The van der Waals surface area contributed by atoms with E-state index < -0.39 is 23.3 Å². The highest BCUT2D eigenvalue weighted by Crippen LogP contribution is 2.44. The molecule has 0 radical (unpaired) electrons. The molecule has 8 heteroatoms. The Morgan fingerprint density at radius 1 is 1.11 bits per heavy atom. The molecule has 4 nitrogen and oxygen atoms in total. The molecule has 3 aromatic rings. The number of alkyl halides is 2. The van der Waals surface area contributed by atoms with Crippen molar-refractivity contribution in [3.8, 4) is 5.75 Å². The second-order valence-electron chi connectivity index (χ2n) is 11.3. The lowest BCUT2D eigenvalue weighted by Crippen LogP contribution is -2.49. The second-order valence-corrected chi connectivity index (χ2v) is 11.3. The van der Waals surface area contributed by atoms with Gasteiger partial charge in [-0.15, -0.1) is 0 Å². The number of H-pyrrole nitrogens is 1. The molecule has 0 saturated carbocycles. The van der Waals surface area contributed by atoms with Crippen LogP contribution in [0.1, 0.15) is 49.2 Å². The minimum Gasteiger partial charge on any atom is -0.492 e. The monoisotopic (exact) mass is 517 g/mol. The van der Waals surface area contributed by atoms with Crippen LogP contribution in [-0.4, -0.2) is 66.0 Å². The molecular weight excluding hydrogens is 482 g/mol. The van der Waals surface area contributed by atoms with E-state index in [0.29, 0.717) is 31.7 Å². The Morgan fingerprint density at radius 3 is 2.46 bits per heavy atom. The van der Waals surface area contributed by atoms with Gasteiger partial charge in [-0.3, -0.25) is 14.2 Å². The fourth-order valence-corrected chi connectivity index (χ4v) is 5.82. The van der Waals surface area contributed by atoms with Crippen molar-refractivity contribution in [1.29, 1.82) is 0 Å². The number of fused-ring (bicyclic) bond motifs is 3. The molecule has 0 amide bonds. The van der Waals surface area contributed by atoms with Gasteiger partial charge in [0.2, 0.25) is 0 Å². The van der Waals surface area contributed by atoms with E-state index in [2.05, 4.69) is 4.98 Å². The molecule has 5 rings (SSSR count). The Labute approximate surface area is 215 Å². The third-order valence-corrected chi connectivity index (χ3v) is 7.58. The van der Waals surface area contributed by atoms with E-state index in [-0.39, 0.29) is 43.1 Å². The molecule has 1 aromatic heterocycles. The summed E-state index contributed by atoms with van der Waals surface area (Å²) in [4.78, 5) is 7.32. The number of benzene rings is 2. The smallest absolute Gasteiger partial charge is 0.135 e. The van der Waals surface area contributed by atoms with Gasteiger partial charge < -0.3 is 9.72 Å². The summed E-state index contributed by atoms with van der Waals surface area (Å²) < 4.78 is 64.6. The third kappa shape index (κ3) is 5.23. The van der Waals surface area contributed by atoms with E-state index in [9.17, 15) is 8.78 Å². The number of nitrogens with one attached hydrogen (secondary N) is 1. The number of aromatic nitrogens is 1. The quantitative estimate of drug-likeness (QED) is 0.366. The number of likely N-dealkylation sites (tertiary alicyclic amines) is 1. The van der Waals surface area contributed by atoms with Gasteiger partial charge in [0, 0.05) is 72.4 Å². The van der Waals surface area contributed by atoms with Crippen molar-refractivity contribution in [3.63, 3.8) is 0 Å². The fourth-order valence-electron chi connectivity index (χ4n) is 5.82. The van der Waals surface area contributed by atoms with Crippen LogP contribution in [0.5, 0.6) is 5.75 Å². The zero-order valence-electron chi connectivity index (χ0n) is 21.9. The van der Waals surface area contributed by atoms with Crippen molar-refractivity contribution in [1.82, 2.24) is 14.8 Å². The van der Waals surface area contributed by atoms with E-state index >= 15 is 8.78 Å². The van der Waals surface area contributed by atoms with E-state index in [1.807, 2.05) is 41.8 Å². The Kier molecular flexibility index (Phi) is 7.00. The Bertz CT molecular complexity index is 1260. The first kappa shape index (κ1) is 26.0. The molecule has 1 N–H and O–H groups in total. The maximum Gasteiger partial charge on any atom is 0.135 e. The molecule has 0 spiro atoms. The first-order valence-corrected chi connectivity index (χ1v) is 13.0. The predicted octanol–water partition coefficient (Wildman–Crippen LogP) is 6.12. The molecule has 37 heavy (non-hydrogen) atoms. The third-order valence-electron chi connectivity index (χ3n) is 7.58. The lowest BCUT2D eigenvalue weighted by molar-refractivity contribution is 0.0637. The lowest BCUT2D eigenvalue weighted by atomic mass is 9.87. The summed E-state index contributed by atoms with van der Waals surface area (Å²) in [6.45, 7) is 8.81. The van der Waals surface area contributed by atoms with Crippen LogP contribution in [-0.2, 0) is 6.42 Å². The van der Waals surface area contributed by atoms with Crippen LogP contribution in [0, 0.1) is 24.5 Å². The van der Waals surface area contributed by atoms with Crippen molar-refractivity contribution < 1.29 is 22.3 Å². The van der Waals surface area contributed by atoms with E-state index in [4.69, 9.17) is 4.74 Å². The molecular formula is C29H35F4N3O. The molecule has 2 aliphatic rings. The van der Waals surface area contributed by atoms with E-state index in [1.165, 1.54) is 26.0 Å². The number of nitrogens with zero attached hydrogens (tertiary/aromatic N) is 2. The molecule has 200 valence electrons. The van der Waals surface area contributed by atoms with Crippen molar-refractivity contribution in [2.45, 2.75) is 51.9 Å². The summed E-state index contributed by atoms with van der Waals surface area (Å²) in [6, 6.07) is 7.57. The van der Waals surface area contributed by atoms with Gasteiger partial charge in [0.1, 0.15) is 29.7 Å². The molecule has 2 atom stereocenters. The van der Waals surface area contributed by atoms with Crippen molar-refractivity contribution in [3.05, 3.63) is 64.4 Å². The maximum atomic E-state index is 15.7. The number of hydrogen-bond acceptors (Lipinski definition) is 3. The summed E-state index contributed by atoms with van der Waals surface area (Å²) in [5.74, 6) is -1.27. The first-order chi connectivity index (χ1) is 17.5. The van der Waals surface area contributed by atoms with Gasteiger partial charge in [-0.1, -0.05) is 12.1 Å². The number of ether oxygens (including phenoxy) is 1. The van der Waals surface area contributed by atoms with Crippen molar-refractivity contribution in [2.75, 3.05) is 39.5 Å². The lowest BCUT2D eigenvalue weighted by Gasteiger charge is -2.43. The number of aromatic amines is 1. The Hall–Kier alpha value is -2.58. The Morgan fingerprint density at radius 2 is 1.81 bits per heavy atom. The van der Waals surface area contributed by atoms with Crippen LogP contribution in [0.15, 0.2) is 30.3 Å². The van der Waals surface area contributed by atoms with Gasteiger partial charge >= 0.3 is 0 Å². The summed E-state index contributed by atoms with van der Waals surface area (Å²) >= 11 is 0. The van der Waals surface area contributed by atoms with Gasteiger partial charge in [-0.05, 0) is 51.3 Å². The van der Waals surface area contributed by atoms with Gasteiger partial charge in [0.15, 0.2) is 0 Å². The summed E-state index contributed by atoms with van der Waals surface area (Å²) in [5.41, 5.74) is 2.04. The van der Waals surface area contributed by atoms with Crippen molar-refractivity contribution >= 4 is 10.9 Å². The minimum atomic E-state index is -1.55. The Balaban J connectivity index is 1.48. The zero-order chi connectivity index (χ0) is 26.5. The van der Waals surface area contributed by atoms with Crippen LogP contribution in [0.2, 0.25) is 0 Å². The highest BCUT2D eigenvalue weighted by atomic mass is 19.1. The first-order valence-electron chi connectivity index (χ1n) is 13.0. The molecule has 3 heterocycles. The topological polar surface area (TPSA) is 31.5 Å². The highest BCUT2D eigenvalue weighted by molar-refractivity contribution is 5.86. The molecule has 2 aromatic carbocycles. The average Bonchev–Trinajstić information content (AvgIpc) is 3.12. The molecule has 0 bridgehead atoms. The second kappa shape index (κ2) is 9.95. The zero-order valence-corrected chi connectivity index (χ0v) is 21.9. The van der Waals surface area contributed by atoms with Gasteiger partial charge in [-0.2, -0.15) is 0 Å². The minimum absolute atomic E-state index is 0.0273. The van der Waals surface area contributed by atoms with Crippen LogP contribution in [0.25, 0.3) is 10.9 Å². The van der Waals surface area contributed by atoms with Gasteiger partial charge in [0.25, 0.3) is 0 Å². The molecule has 1 unspecified atom stereocenters. The van der Waals surface area contributed by atoms with Crippen LogP contribution in [0.3, 0.4) is 0 Å². The summed E-state index contributed by atoms with van der Waals surface area (Å²) in [7, 11) is 0. The molecule has 0 aliphatic carbocycles. The van der Waals surface area contributed by atoms with Crippen molar-refractivity contribution in [2.24, 2.45) is 5.92 Å². The average molecular weight is 518 g/mol. The normalized spacial score (nSPS) is 21.3. The number of halogens is 4. The van der Waals surface area contributed by atoms with E-state index in [1.54, 1.807) is 0 Å². The standard InChI is InChI=1S/C29H35F4N3O/c1-17-5-6-21-22-10-18(2)36(16-29(3,4)33)28(27(22)34-25(21)9-17)26-23(31)11-20(12-24(26)32)37-8-7-35-14-19(13-30)15-35/h5-6,9,11-12,18-19,28,34H,7-8,10,13-16H2,1-4H3/t18?,28-/m1/s1. The number of rotatable bonds is 8. The SMILES string of the molecule is Cc1ccc2c3c([nH]c2c1)[C@@H](c1c(F)cc(OCCN2CC(CF)C2)cc1F)N(CC(C)(C)F)C(C)C3. The number of hydrogen-bond donors (Lipinski definition) is 1. The van der Waals surface area contributed by atoms with Crippen LogP contribution < -0.4 is 4.74 Å². The van der Waals surface area contributed by atoms with Crippen LogP contribution >= 0.6 is 0 Å². The largest absolute Gasteiger partial charge is 0.492 e. The van der Waals surface area contributed by atoms with E-state index in [0.717, 1.165) is 22.0 Å². The fraction of sp³-hybridized carbons (Fsp3) is 0.517. The van der Waals surface area contributed by atoms with Gasteiger partial charge in [0.05, 0.1) is 12.7 Å². The maximum absolute atomic E-state index is 15.7. The summed E-state index contributed by atoms with van der Waals surface area (Å²) in [6.07, 6.45) is 0.648. The molecule has 2 aliphatic heterocycles. The molecule has 1 saturated heterocycles. The molecule has 1 fully saturated rings. The predicted molar refractivity (Wildman–Crippen MR) is 138 cm³/mol.